The molecule has 0 bridgehead atoms. The predicted molar refractivity (Wildman–Crippen MR) is 75.7 cm³/mol. The van der Waals surface area contributed by atoms with Crippen LogP contribution in [0.1, 0.15) is 42.6 Å². The smallest absolute Gasteiger partial charge is 0.267 e. The minimum Gasteiger partial charge on any atom is -0.350 e. The van der Waals surface area contributed by atoms with Gasteiger partial charge in [-0.3, -0.25) is 4.79 Å². The van der Waals surface area contributed by atoms with Crippen molar-refractivity contribution in [3.05, 3.63) is 18.0 Å². The lowest BCUT2D eigenvalue weighted by atomic mass is 9.89. The van der Waals surface area contributed by atoms with E-state index in [1.165, 1.54) is 36.1 Å². The van der Waals surface area contributed by atoms with Crippen molar-refractivity contribution >= 4 is 15.9 Å². The average Bonchev–Trinajstić information content (AvgIpc) is 2.79. The highest BCUT2D eigenvalue weighted by Gasteiger charge is 2.19. The molecule has 0 aromatic carbocycles. The number of hydrogen-bond donors (Lipinski definition) is 2. The molecule has 6 nitrogen and oxygen atoms in total. The van der Waals surface area contributed by atoms with Crippen LogP contribution in [0.5, 0.6) is 0 Å². The zero-order valence-electron chi connectivity index (χ0n) is 11.6. The van der Waals surface area contributed by atoms with Gasteiger partial charge in [-0.2, -0.15) is 0 Å². The molecule has 20 heavy (non-hydrogen) atoms. The molecule has 0 atom stereocenters. The van der Waals surface area contributed by atoms with Crippen LogP contribution < -0.4 is 10.5 Å². The zero-order chi connectivity index (χ0) is 14.8. The Bertz CT molecular complexity index is 586. The Labute approximate surface area is 119 Å². The number of primary sulfonamides is 1. The van der Waals surface area contributed by atoms with E-state index in [2.05, 4.69) is 5.32 Å². The number of hydrogen-bond acceptors (Lipinski definition) is 3. The van der Waals surface area contributed by atoms with Gasteiger partial charge in [0.2, 0.25) is 10.0 Å². The van der Waals surface area contributed by atoms with Gasteiger partial charge in [0.1, 0.15) is 10.6 Å². The van der Waals surface area contributed by atoms with Crippen molar-refractivity contribution in [2.24, 2.45) is 18.1 Å². The van der Waals surface area contributed by atoms with Crippen molar-refractivity contribution < 1.29 is 13.2 Å². The molecule has 2 rings (SSSR count). The summed E-state index contributed by atoms with van der Waals surface area (Å²) < 4.78 is 24.0. The van der Waals surface area contributed by atoms with Crippen LogP contribution in [0.2, 0.25) is 0 Å². The van der Waals surface area contributed by atoms with Gasteiger partial charge in [0, 0.05) is 19.8 Å². The highest BCUT2D eigenvalue weighted by Crippen LogP contribution is 2.22. The van der Waals surface area contributed by atoms with Crippen molar-refractivity contribution in [1.82, 2.24) is 9.88 Å². The van der Waals surface area contributed by atoms with E-state index in [0.717, 1.165) is 12.8 Å². The second-order valence-corrected chi connectivity index (χ2v) is 6.99. The van der Waals surface area contributed by atoms with Crippen molar-refractivity contribution in [3.8, 4) is 0 Å². The lowest BCUT2D eigenvalue weighted by molar-refractivity contribution is 0.0935. The molecule has 1 saturated carbocycles. The summed E-state index contributed by atoms with van der Waals surface area (Å²) in [7, 11) is -2.15. The van der Waals surface area contributed by atoms with Crippen LogP contribution in [0.15, 0.2) is 17.2 Å². The number of nitrogens with two attached hydrogens (primary N) is 1. The monoisotopic (exact) mass is 299 g/mol. The fourth-order valence-electron chi connectivity index (χ4n) is 2.63. The zero-order valence-corrected chi connectivity index (χ0v) is 12.4. The maximum absolute atomic E-state index is 12.1. The summed E-state index contributed by atoms with van der Waals surface area (Å²) in [6.07, 6.45) is 7.37. The van der Waals surface area contributed by atoms with Crippen LogP contribution in [-0.2, 0) is 17.1 Å². The number of nitrogens with zero attached hydrogens (tertiary/aromatic N) is 1. The Morgan fingerprint density at radius 1 is 1.40 bits per heavy atom. The van der Waals surface area contributed by atoms with Crippen molar-refractivity contribution in [2.75, 3.05) is 6.54 Å². The molecule has 1 amide bonds. The van der Waals surface area contributed by atoms with Crippen LogP contribution in [0.3, 0.4) is 0 Å². The van der Waals surface area contributed by atoms with Gasteiger partial charge >= 0.3 is 0 Å². The summed E-state index contributed by atoms with van der Waals surface area (Å²) in [5.74, 6) is 0.277. The minimum atomic E-state index is -3.77. The number of nitrogens with one attached hydrogen (secondary N) is 1. The number of sulfonamides is 1. The van der Waals surface area contributed by atoms with Crippen molar-refractivity contribution in [1.29, 1.82) is 0 Å². The van der Waals surface area contributed by atoms with E-state index >= 15 is 0 Å². The molecule has 112 valence electrons. The first kappa shape index (κ1) is 15.1. The highest BCUT2D eigenvalue weighted by molar-refractivity contribution is 7.89. The van der Waals surface area contributed by atoms with E-state index in [4.69, 9.17) is 5.14 Å². The van der Waals surface area contributed by atoms with E-state index < -0.39 is 10.0 Å². The Morgan fingerprint density at radius 2 is 2.05 bits per heavy atom. The molecule has 7 heteroatoms. The Balaban J connectivity index is 2.00. The number of rotatable bonds is 4. The van der Waals surface area contributed by atoms with Crippen LogP contribution in [0.4, 0.5) is 0 Å². The molecule has 1 aliphatic rings. The molecule has 1 fully saturated rings. The highest BCUT2D eigenvalue weighted by atomic mass is 32.2. The summed E-state index contributed by atoms with van der Waals surface area (Å²) in [4.78, 5) is 12.0. The molecule has 1 aliphatic carbocycles. The fourth-order valence-corrected chi connectivity index (χ4v) is 3.22. The second-order valence-electron chi connectivity index (χ2n) is 5.43. The lowest BCUT2D eigenvalue weighted by Gasteiger charge is -2.21. The number of aryl methyl sites for hydroxylation is 1. The molecular weight excluding hydrogens is 278 g/mol. The van der Waals surface area contributed by atoms with Crippen LogP contribution >= 0.6 is 0 Å². The van der Waals surface area contributed by atoms with Crippen molar-refractivity contribution in [2.45, 2.75) is 37.0 Å². The molecule has 0 spiro atoms. The van der Waals surface area contributed by atoms with E-state index in [1.54, 1.807) is 7.05 Å². The maximum Gasteiger partial charge on any atom is 0.267 e. The molecular formula is C13H21N3O3S. The summed E-state index contributed by atoms with van der Waals surface area (Å²) in [6.45, 7) is 0.648. The number of amides is 1. The SMILES string of the molecule is Cn1cc(S(N)(=O)=O)cc1C(=O)NCC1CCCCC1. The second kappa shape index (κ2) is 5.97. The van der Waals surface area contributed by atoms with Crippen molar-refractivity contribution in [3.63, 3.8) is 0 Å². The lowest BCUT2D eigenvalue weighted by Crippen LogP contribution is -2.31. The van der Waals surface area contributed by atoms with E-state index in [9.17, 15) is 13.2 Å². The van der Waals surface area contributed by atoms with Gasteiger partial charge in [-0.25, -0.2) is 13.6 Å². The molecule has 0 unspecified atom stereocenters. The van der Waals surface area contributed by atoms with Gasteiger partial charge in [-0.15, -0.1) is 0 Å². The predicted octanol–water partition coefficient (Wildman–Crippen LogP) is 0.983. The molecule has 1 aromatic heterocycles. The number of carbonyl (C=O) groups excluding carboxylic acids is 1. The van der Waals surface area contributed by atoms with Crippen LogP contribution in [0.25, 0.3) is 0 Å². The first-order valence-electron chi connectivity index (χ1n) is 6.85. The molecule has 3 N–H and O–H groups in total. The Morgan fingerprint density at radius 3 is 2.60 bits per heavy atom. The molecule has 1 aromatic rings. The van der Waals surface area contributed by atoms with Gasteiger partial charge in [0.25, 0.3) is 5.91 Å². The minimum absolute atomic E-state index is 0.0391. The maximum atomic E-state index is 12.1. The number of carbonyl (C=O) groups is 1. The standard InChI is InChI=1S/C13H21N3O3S/c1-16-9-11(20(14,18)19)7-12(16)13(17)15-8-10-5-3-2-4-6-10/h7,9-10H,2-6,8H2,1H3,(H,15,17)(H2,14,18,19). The molecule has 1 heterocycles. The quantitative estimate of drug-likeness (QED) is 0.867. The van der Waals surface area contributed by atoms with Gasteiger partial charge in [0.15, 0.2) is 0 Å². The summed E-state index contributed by atoms with van der Waals surface area (Å²) in [5.41, 5.74) is 0.310. The topological polar surface area (TPSA) is 94.2 Å². The van der Waals surface area contributed by atoms with E-state index in [1.807, 2.05) is 0 Å². The average molecular weight is 299 g/mol. The van der Waals surface area contributed by atoms with E-state index in [-0.39, 0.29) is 10.8 Å². The Kier molecular flexibility index (Phi) is 4.49. The first-order chi connectivity index (χ1) is 9.38. The largest absolute Gasteiger partial charge is 0.350 e. The molecule has 0 aliphatic heterocycles. The fraction of sp³-hybridized carbons (Fsp3) is 0.615. The van der Waals surface area contributed by atoms with Gasteiger partial charge in [-0.05, 0) is 24.8 Å². The summed E-state index contributed by atoms with van der Waals surface area (Å²) >= 11 is 0. The first-order valence-corrected chi connectivity index (χ1v) is 8.40. The summed E-state index contributed by atoms with van der Waals surface area (Å²) in [6, 6.07) is 1.31. The van der Waals surface area contributed by atoms with Gasteiger partial charge < -0.3 is 9.88 Å². The third-order valence-electron chi connectivity index (χ3n) is 3.82. The van der Waals surface area contributed by atoms with E-state index in [0.29, 0.717) is 18.2 Å². The van der Waals surface area contributed by atoms with Crippen LogP contribution in [-0.4, -0.2) is 25.4 Å². The molecule has 0 radical (unpaired) electrons. The van der Waals surface area contributed by atoms with Gasteiger partial charge in [-0.1, -0.05) is 19.3 Å². The molecule has 0 saturated heterocycles. The third kappa shape index (κ3) is 3.61. The van der Waals surface area contributed by atoms with Crippen LogP contribution in [0, 0.1) is 5.92 Å². The Hall–Kier alpha value is -1.34. The third-order valence-corrected chi connectivity index (χ3v) is 4.70. The normalized spacial score (nSPS) is 17.1. The number of aromatic nitrogens is 1. The van der Waals surface area contributed by atoms with Gasteiger partial charge in [0.05, 0.1) is 0 Å². The summed E-state index contributed by atoms with van der Waals surface area (Å²) in [5, 5.41) is 7.94.